The predicted molar refractivity (Wildman–Crippen MR) is 138 cm³/mol. The third-order valence-electron chi connectivity index (χ3n) is 8.82. The first-order valence-electron chi connectivity index (χ1n) is 13.7. The lowest BCUT2D eigenvalue weighted by Gasteiger charge is -2.38. The molecule has 2 aromatic carbocycles. The summed E-state index contributed by atoms with van der Waals surface area (Å²) < 4.78 is 55.7. The highest BCUT2D eigenvalue weighted by molar-refractivity contribution is 6.04. The lowest BCUT2D eigenvalue weighted by molar-refractivity contribution is 0.120. The van der Waals surface area contributed by atoms with Gasteiger partial charge in [-0.2, -0.15) is 4.39 Å². The second kappa shape index (κ2) is 10.9. The Morgan fingerprint density at radius 3 is 2.06 bits per heavy atom. The summed E-state index contributed by atoms with van der Waals surface area (Å²) in [4.78, 5) is 0. The molecular weight excluding hydrogens is 461 g/mol. The van der Waals surface area contributed by atoms with E-state index in [-0.39, 0.29) is 22.6 Å². The van der Waals surface area contributed by atoms with Gasteiger partial charge in [0.25, 0.3) is 0 Å². The summed E-state index contributed by atoms with van der Waals surface area (Å²) in [5.74, 6) is 0.114. The van der Waals surface area contributed by atoms with Crippen molar-refractivity contribution in [2.75, 3.05) is 13.2 Å². The number of hydrogen-bond donors (Lipinski definition) is 0. The summed E-state index contributed by atoms with van der Waals surface area (Å²) in [5.41, 5.74) is 1.13. The van der Waals surface area contributed by atoms with Gasteiger partial charge in [0.2, 0.25) is 5.82 Å². The number of rotatable bonds is 9. The van der Waals surface area contributed by atoms with Crippen LogP contribution >= 0.6 is 0 Å². The molecule has 0 amide bonds. The summed E-state index contributed by atoms with van der Waals surface area (Å²) in [5, 5.41) is 0. The summed E-state index contributed by atoms with van der Waals surface area (Å²) in [6.07, 6.45) is 14.4. The Hall–Kier alpha value is -2.43. The molecule has 0 saturated heterocycles. The second-order valence-corrected chi connectivity index (χ2v) is 10.9. The first-order chi connectivity index (χ1) is 17.5. The normalized spacial score (nSPS) is 24.9. The molecule has 0 unspecified atom stereocenters. The molecule has 5 rings (SSSR count). The number of hydrogen-bond acceptors (Lipinski definition) is 2. The van der Waals surface area contributed by atoms with E-state index in [1.54, 1.807) is 13.0 Å². The first kappa shape index (κ1) is 25.2. The lowest BCUT2D eigenvalue weighted by atomic mass is 9.69. The highest BCUT2D eigenvalue weighted by atomic mass is 19.2. The highest BCUT2D eigenvalue weighted by Gasteiger charge is 2.35. The van der Waals surface area contributed by atoms with Crippen LogP contribution in [0.1, 0.15) is 71.1 Å². The van der Waals surface area contributed by atoms with Crippen LogP contribution in [-0.2, 0) is 0 Å². The number of fused-ring (bicyclic) bond motifs is 4. The minimum Gasteiger partial charge on any atom is -0.491 e. The molecule has 2 saturated carbocycles. The highest BCUT2D eigenvalue weighted by Crippen LogP contribution is 2.54. The molecule has 0 heterocycles. The molecule has 2 fully saturated rings. The van der Waals surface area contributed by atoms with Gasteiger partial charge in [-0.15, -0.1) is 6.58 Å². The second-order valence-electron chi connectivity index (χ2n) is 10.9. The van der Waals surface area contributed by atoms with Gasteiger partial charge in [0.15, 0.2) is 23.1 Å². The van der Waals surface area contributed by atoms with Crippen LogP contribution < -0.4 is 9.47 Å². The molecule has 0 atom stereocenters. The quantitative estimate of drug-likeness (QED) is 0.274. The van der Waals surface area contributed by atoms with Gasteiger partial charge in [-0.25, -0.2) is 8.78 Å². The Morgan fingerprint density at radius 2 is 1.42 bits per heavy atom. The topological polar surface area (TPSA) is 18.5 Å². The standard InChI is InChI=1S/C31H37F3O2/c1-3-5-6-19-7-11-21(12-8-19)22-13-9-20(10-14-22)18-36-26-17-24-23-15-16-25(35-4-2)29(32)27(23)28(24)31(34)30(26)33/h3,15-17,19-22H,1,4-14,18H2,2H3. The van der Waals surface area contributed by atoms with Crippen LogP contribution in [-0.4, -0.2) is 13.2 Å². The van der Waals surface area contributed by atoms with Gasteiger partial charge < -0.3 is 9.47 Å². The molecule has 0 aromatic heterocycles. The van der Waals surface area contributed by atoms with Gasteiger partial charge in [-0.1, -0.05) is 18.9 Å². The van der Waals surface area contributed by atoms with Gasteiger partial charge in [0, 0.05) is 11.1 Å². The molecule has 0 N–H and O–H groups in total. The maximum atomic E-state index is 14.9. The average Bonchev–Trinajstić information content (AvgIpc) is 2.89. The zero-order chi connectivity index (χ0) is 25.2. The van der Waals surface area contributed by atoms with Crippen LogP contribution in [0.3, 0.4) is 0 Å². The fourth-order valence-corrected chi connectivity index (χ4v) is 6.73. The Kier molecular flexibility index (Phi) is 7.64. The lowest BCUT2D eigenvalue weighted by Crippen LogP contribution is -2.27. The Labute approximate surface area is 212 Å². The minimum absolute atomic E-state index is 0.0198. The van der Waals surface area contributed by atoms with Crippen LogP contribution in [0.25, 0.3) is 22.3 Å². The van der Waals surface area contributed by atoms with Crippen molar-refractivity contribution in [2.24, 2.45) is 23.7 Å². The van der Waals surface area contributed by atoms with Crippen molar-refractivity contribution in [1.29, 1.82) is 0 Å². The van der Waals surface area contributed by atoms with Gasteiger partial charge in [0.05, 0.1) is 13.2 Å². The number of ether oxygens (including phenoxy) is 2. The van der Waals surface area contributed by atoms with E-state index in [9.17, 15) is 13.2 Å². The smallest absolute Gasteiger partial charge is 0.201 e. The Bertz CT molecular complexity index is 1100. The van der Waals surface area contributed by atoms with Crippen molar-refractivity contribution in [3.8, 4) is 33.8 Å². The predicted octanol–water partition coefficient (Wildman–Crippen LogP) is 9.11. The largest absolute Gasteiger partial charge is 0.491 e. The zero-order valence-corrected chi connectivity index (χ0v) is 21.3. The molecule has 0 aliphatic heterocycles. The van der Waals surface area contributed by atoms with E-state index in [4.69, 9.17) is 9.47 Å². The van der Waals surface area contributed by atoms with Crippen molar-refractivity contribution >= 4 is 0 Å². The number of benzene rings is 2. The summed E-state index contributed by atoms with van der Waals surface area (Å²) in [6, 6.07) is 4.75. The maximum Gasteiger partial charge on any atom is 0.201 e. The molecule has 3 aliphatic carbocycles. The molecule has 194 valence electrons. The van der Waals surface area contributed by atoms with Gasteiger partial charge in [-0.3, -0.25) is 0 Å². The van der Waals surface area contributed by atoms with Crippen molar-refractivity contribution in [2.45, 2.75) is 71.1 Å². The monoisotopic (exact) mass is 498 g/mol. The summed E-state index contributed by atoms with van der Waals surface area (Å²) in [6.45, 7) is 6.28. The fraction of sp³-hybridized carbons (Fsp3) is 0.548. The van der Waals surface area contributed by atoms with Crippen LogP contribution in [0, 0.1) is 41.1 Å². The maximum absolute atomic E-state index is 14.9. The van der Waals surface area contributed by atoms with Crippen LogP contribution in [0.15, 0.2) is 30.9 Å². The Balaban J connectivity index is 1.16. The van der Waals surface area contributed by atoms with Crippen LogP contribution in [0.2, 0.25) is 0 Å². The van der Waals surface area contributed by atoms with E-state index in [1.165, 1.54) is 57.1 Å². The summed E-state index contributed by atoms with van der Waals surface area (Å²) >= 11 is 0. The van der Waals surface area contributed by atoms with E-state index in [2.05, 4.69) is 6.58 Å². The molecule has 0 bridgehead atoms. The van der Waals surface area contributed by atoms with E-state index < -0.39 is 17.5 Å². The van der Waals surface area contributed by atoms with Gasteiger partial charge in [0.1, 0.15) is 0 Å². The third-order valence-corrected chi connectivity index (χ3v) is 8.82. The number of halogens is 3. The summed E-state index contributed by atoms with van der Waals surface area (Å²) in [7, 11) is 0. The van der Waals surface area contributed by atoms with E-state index in [0.717, 1.165) is 37.0 Å². The van der Waals surface area contributed by atoms with Crippen molar-refractivity contribution in [3.05, 3.63) is 48.3 Å². The SMILES string of the molecule is C=CCCC1CCC(C2CCC(COc3cc4c(c(F)c3F)-c3c-4ccc(OCC)c3F)CC2)CC1. The average molecular weight is 499 g/mol. The minimum atomic E-state index is -1.05. The van der Waals surface area contributed by atoms with Gasteiger partial charge >= 0.3 is 0 Å². The van der Waals surface area contributed by atoms with Crippen molar-refractivity contribution < 1.29 is 22.6 Å². The molecular formula is C31H37F3O2. The molecule has 2 aromatic rings. The van der Waals surface area contributed by atoms with E-state index >= 15 is 0 Å². The fourth-order valence-electron chi connectivity index (χ4n) is 6.73. The molecule has 36 heavy (non-hydrogen) atoms. The molecule has 0 radical (unpaired) electrons. The van der Waals surface area contributed by atoms with Crippen LogP contribution in [0.4, 0.5) is 13.2 Å². The molecule has 5 heteroatoms. The van der Waals surface area contributed by atoms with Crippen LogP contribution in [0.5, 0.6) is 11.5 Å². The molecule has 0 spiro atoms. The zero-order valence-electron chi connectivity index (χ0n) is 21.3. The molecule has 3 aliphatic rings. The van der Waals surface area contributed by atoms with E-state index in [1.807, 2.05) is 6.08 Å². The van der Waals surface area contributed by atoms with E-state index in [0.29, 0.717) is 30.3 Å². The number of allylic oxidation sites excluding steroid dienone is 1. The first-order valence-corrected chi connectivity index (χ1v) is 13.7. The van der Waals surface area contributed by atoms with Gasteiger partial charge in [-0.05, 0) is 111 Å². The molecule has 2 nitrogen and oxygen atoms in total. The Morgan fingerprint density at radius 1 is 0.778 bits per heavy atom. The third kappa shape index (κ3) is 4.78. The van der Waals surface area contributed by atoms with Crippen molar-refractivity contribution in [3.63, 3.8) is 0 Å². The van der Waals surface area contributed by atoms with Crippen molar-refractivity contribution in [1.82, 2.24) is 0 Å².